The Labute approximate surface area is 270 Å². The van der Waals surface area contributed by atoms with Crippen molar-refractivity contribution in [2.45, 2.75) is 70.6 Å². The van der Waals surface area contributed by atoms with E-state index in [0.717, 1.165) is 56.1 Å². The SMILES string of the molecule is COc1ccc(-c2ccc(Cn3c(CC(C)(C)C(=O)O)c(SC(C)(C)C)c4cc(OCC5=CC(C)CC=N5)ccc43)cc2)cn1. The molecule has 0 saturated carbocycles. The van der Waals surface area contributed by atoms with Crippen LogP contribution in [0.25, 0.3) is 22.0 Å². The van der Waals surface area contributed by atoms with Gasteiger partial charge >= 0.3 is 5.97 Å². The Morgan fingerprint density at radius 3 is 2.40 bits per heavy atom. The van der Waals surface area contributed by atoms with Crippen LogP contribution in [0.4, 0.5) is 0 Å². The monoisotopic (exact) mass is 625 g/mol. The molecule has 1 unspecified atom stereocenters. The van der Waals surface area contributed by atoms with Gasteiger partial charge in [-0.3, -0.25) is 9.79 Å². The third-order valence-electron chi connectivity index (χ3n) is 7.86. The number of hydrogen-bond acceptors (Lipinski definition) is 6. The van der Waals surface area contributed by atoms with Gasteiger partial charge < -0.3 is 19.1 Å². The van der Waals surface area contributed by atoms with Crippen molar-refractivity contribution in [2.75, 3.05) is 13.7 Å². The largest absolute Gasteiger partial charge is 0.487 e. The molecule has 0 amide bonds. The van der Waals surface area contributed by atoms with Crippen molar-refractivity contribution in [1.82, 2.24) is 9.55 Å². The Hall–Kier alpha value is -4.04. The fourth-order valence-corrected chi connectivity index (χ4v) is 6.58. The molecule has 0 fully saturated rings. The maximum absolute atomic E-state index is 12.4. The Morgan fingerprint density at radius 1 is 1.04 bits per heavy atom. The first-order chi connectivity index (χ1) is 21.3. The number of aliphatic imine (C=N–C) groups is 1. The number of carbonyl (C=O) groups is 1. The van der Waals surface area contributed by atoms with Crippen LogP contribution in [0.3, 0.4) is 0 Å². The van der Waals surface area contributed by atoms with Gasteiger partial charge in [-0.2, -0.15) is 0 Å². The van der Waals surface area contributed by atoms with Crippen molar-refractivity contribution in [3.05, 3.63) is 83.8 Å². The van der Waals surface area contributed by atoms with Crippen LogP contribution in [0, 0.1) is 11.3 Å². The molecule has 2 aromatic carbocycles. The lowest BCUT2D eigenvalue weighted by Crippen LogP contribution is -2.28. The van der Waals surface area contributed by atoms with E-state index in [0.29, 0.717) is 31.4 Å². The van der Waals surface area contributed by atoms with Gasteiger partial charge in [0.05, 0.1) is 18.2 Å². The van der Waals surface area contributed by atoms with Crippen molar-refractivity contribution < 1.29 is 19.4 Å². The standard InChI is InChI=1S/C37H43N3O4S/c1-24-16-17-38-28(18-24)23-44-29-13-14-31-30(19-29)34(45-36(2,3)4)32(20-37(5,6)35(41)42)40(31)22-25-8-10-26(11-9-25)27-12-15-33(43-7)39-21-27/h8-15,17-19,21,24H,16,20,22-23H2,1-7H3,(H,41,42). The minimum atomic E-state index is -0.952. The minimum absolute atomic E-state index is 0.0934. The highest BCUT2D eigenvalue weighted by atomic mass is 32.2. The topological polar surface area (TPSA) is 85.9 Å². The van der Waals surface area contributed by atoms with Crippen LogP contribution in [-0.4, -0.2) is 45.3 Å². The van der Waals surface area contributed by atoms with Gasteiger partial charge in [0.2, 0.25) is 5.88 Å². The molecule has 7 nitrogen and oxygen atoms in total. The van der Waals surface area contributed by atoms with Crippen molar-refractivity contribution in [2.24, 2.45) is 16.3 Å². The molecule has 0 saturated heterocycles. The smallest absolute Gasteiger partial charge is 0.309 e. The number of aliphatic carboxylic acids is 1. The quantitative estimate of drug-likeness (QED) is 0.168. The lowest BCUT2D eigenvalue weighted by atomic mass is 9.88. The molecule has 0 spiro atoms. The van der Waals surface area contributed by atoms with E-state index in [9.17, 15) is 9.90 Å². The van der Waals surface area contributed by atoms with Gasteiger partial charge in [-0.15, -0.1) is 11.8 Å². The van der Waals surface area contributed by atoms with E-state index in [2.05, 4.69) is 84.7 Å². The molecule has 1 aliphatic heterocycles. The van der Waals surface area contributed by atoms with Crippen molar-refractivity contribution >= 4 is 34.8 Å². The third kappa shape index (κ3) is 7.79. The molecule has 4 aromatic rings. The first-order valence-electron chi connectivity index (χ1n) is 15.4. The minimum Gasteiger partial charge on any atom is -0.487 e. The highest BCUT2D eigenvalue weighted by molar-refractivity contribution is 8.00. The number of ether oxygens (including phenoxy) is 2. The van der Waals surface area contributed by atoms with E-state index in [-0.39, 0.29) is 4.75 Å². The second-order valence-corrected chi connectivity index (χ2v) is 15.2. The van der Waals surface area contributed by atoms with E-state index in [1.807, 2.05) is 30.6 Å². The normalized spacial score (nSPS) is 15.3. The van der Waals surface area contributed by atoms with Crippen molar-refractivity contribution in [3.63, 3.8) is 0 Å². The molecule has 2 aromatic heterocycles. The van der Waals surface area contributed by atoms with Crippen molar-refractivity contribution in [1.29, 1.82) is 0 Å². The molecule has 3 heterocycles. The highest BCUT2D eigenvalue weighted by Gasteiger charge is 2.33. The number of hydrogen-bond donors (Lipinski definition) is 1. The summed E-state index contributed by atoms with van der Waals surface area (Å²) in [6, 6.07) is 18.5. The number of thioether (sulfide) groups is 1. The van der Waals surface area contributed by atoms with Gasteiger partial charge in [-0.05, 0) is 61.6 Å². The molecule has 8 heteroatoms. The zero-order valence-electron chi connectivity index (χ0n) is 27.3. The number of methoxy groups -OCH3 is 1. The van der Waals surface area contributed by atoms with Crippen LogP contribution in [-0.2, 0) is 17.8 Å². The third-order valence-corrected chi connectivity index (χ3v) is 9.13. The van der Waals surface area contributed by atoms with Crippen LogP contribution in [0.1, 0.15) is 59.2 Å². The fourth-order valence-electron chi connectivity index (χ4n) is 5.39. The summed E-state index contributed by atoms with van der Waals surface area (Å²) in [5, 5.41) is 11.2. The molecule has 1 N–H and O–H groups in total. The van der Waals surface area contributed by atoms with Gasteiger partial charge in [-0.25, -0.2) is 4.98 Å². The Balaban J connectivity index is 1.56. The molecule has 0 bridgehead atoms. The number of carboxylic acid groups (broad SMARTS) is 1. The number of pyridine rings is 1. The van der Waals surface area contributed by atoms with Crippen LogP contribution in [0.15, 0.2) is 82.5 Å². The van der Waals surface area contributed by atoms with E-state index in [1.54, 1.807) is 32.7 Å². The maximum atomic E-state index is 12.4. The van der Waals surface area contributed by atoms with E-state index in [1.165, 1.54) is 0 Å². The van der Waals surface area contributed by atoms with E-state index in [4.69, 9.17) is 9.47 Å². The number of allylic oxidation sites excluding steroid dienone is 1. The van der Waals surface area contributed by atoms with Crippen LogP contribution < -0.4 is 9.47 Å². The predicted octanol–water partition coefficient (Wildman–Crippen LogP) is 8.68. The summed E-state index contributed by atoms with van der Waals surface area (Å²) in [6.45, 7) is 13.4. The molecular formula is C37H43N3O4S. The summed E-state index contributed by atoms with van der Waals surface area (Å²) in [4.78, 5) is 22.3. The number of aromatic nitrogens is 2. The lowest BCUT2D eigenvalue weighted by Gasteiger charge is -2.24. The Kier molecular flexibility index (Phi) is 9.44. The number of fused-ring (bicyclic) bond motifs is 1. The summed E-state index contributed by atoms with van der Waals surface area (Å²) in [5.74, 6) is 0.988. The summed E-state index contributed by atoms with van der Waals surface area (Å²) in [6.07, 6.45) is 7.28. The first kappa shape index (κ1) is 32.4. The summed E-state index contributed by atoms with van der Waals surface area (Å²) < 4.78 is 13.7. The fraction of sp³-hybridized carbons (Fsp3) is 0.378. The average Bonchev–Trinajstić information content (AvgIpc) is 3.25. The number of nitrogens with zero attached hydrogens (tertiary/aromatic N) is 3. The maximum Gasteiger partial charge on any atom is 0.309 e. The second-order valence-electron chi connectivity index (χ2n) is 13.4. The van der Waals surface area contributed by atoms with Crippen molar-refractivity contribution in [3.8, 4) is 22.8 Å². The summed E-state index contributed by atoms with van der Waals surface area (Å²) >= 11 is 1.78. The Bertz CT molecular complexity index is 1730. The van der Waals surface area contributed by atoms with Crippen LogP contribution >= 0.6 is 11.8 Å². The molecule has 0 aliphatic carbocycles. The molecule has 45 heavy (non-hydrogen) atoms. The van der Waals surface area contributed by atoms with Gasteiger partial charge in [-0.1, -0.05) is 58.0 Å². The molecule has 5 rings (SSSR count). The summed E-state index contributed by atoms with van der Waals surface area (Å²) in [7, 11) is 1.61. The molecule has 1 atom stereocenters. The molecule has 0 radical (unpaired) electrons. The number of benzene rings is 2. The Morgan fingerprint density at radius 2 is 1.78 bits per heavy atom. The zero-order chi connectivity index (χ0) is 32.4. The van der Waals surface area contributed by atoms with E-state index >= 15 is 0 Å². The first-order valence-corrected chi connectivity index (χ1v) is 16.2. The van der Waals surface area contributed by atoms with Crippen LogP contribution in [0.2, 0.25) is 0 Å². The van der Waals surface area contributed by atoms with E-state index < -0.39 is 11.4 Å². The highest BCUT2D eigenvalue weighted by Crippen LogP contribution is 2.44. The molecule has 1 aliphatic rings. The predicted molar refractivity (Wildman–Crippen MR) is 184 cm³/mol. The molecular weight excluding hydrogens is 582 g/mol. The van der Waals surface area contributed by atoms with Gasteiger partial charge in [0.25, 0.3) is 0 Å². The van der Waals surface area contributed by atoms with Gasteiger partial charge in [0.15, 0.2) is 0 Å². The molecule has 236 valence electrons. The lowest BCUT2D eigenvalue weighted by molar-refractivity contribution is -0.146. The zero-order valence-corrected chi connectivity index (χ0v) is 28.1. The second kappa shape index (κ2) is 13.1. The van der Waals surface area contributed by atoms with Crippen LogP contribution in [0.5, 0.6) is 11.6 Å². The van der Waals surface area contributed by atoms with Gasteiger partial charge in [0, 0.05) is 63.2 Å². The summed E-state index contributed by atoms with van der Waals surface area (Å²) in [5.41, 5.74) is 5.26. The number of rotatable bonds is 11. The number of carboxylic acids is 1. The average molecular weight is 626 g/mol. The van der Waals surface area contributed by atoms with Gasteiger partial charge in [0.1, 0.15) is 12.4 Å².